The third-order valence-electron chi connectivity index (χ3n) is 3.99. The van der Waals surface area contributed by atoms with Crippen LogP contribution in [0.25, 0.3) is 0 Å². The molecule has 0 spiro atoms. The number of furan rings is 1. The van der Waals surface area contributed by atoms with Crippen LogP contribution in [-0.2, 0) is 13.6 Å². The van der Waals surface area contributed by atoms with Crippen molar-refractivity contribution >= 4 is 35.8 Å². The molecule has 0 atom stereocenters. The molecule has 0 bridgehead atoms. The van der Waals surface area contributed by atoms with Gasteiger partial charge in [-0.3, -0.25) is 14.5 Å². The average Bonchev–Trinajstić information content (AvgIpc) is 3.27. The van der Waals surface area contributed by atoms with E-state index in [9.17, 15) is 4.79 Å². The van der Waals surface area contributed by atoms with Crippen molar-refractivity contribution in [3.05, 3.63) is 41.6 Å². The molecule has 0 aliphatic carbocycles. The number of rotatable bonds is 8. The van der Waals surface area contributed by atoms with Crippen LogP contribution in [0.5, 0.6) is 0 Å². The van der Waals surface area contributed by atoms with Gasteiger partial charge in [-0.25, -0.2) is 0 Å². The van der Waals surface area contributed by atoms with E-state index in [0.717, 1.165) is 18.2 Å². The van der Waals surface area contributed by atoms with Crippen molar-refractivity contribution in [3.63, 3.8) is 0 Å². The minimum absolute atomic E-state index is 0. The van der Waals surface area contributed by atoms with Gasteiger partial charge in [-0.2, -0.15) is 5.10 Å². The number of guanidine groups is 1. The first kappa shape index (κ1) is 24.0. The van der Waals surface area contributed by atoms with Gasteiger partial charge in [-0.1, -0.05) is 13.8 Å². The normalized spacial score (nSPS) is 11.3. The molecule has 2 N–H and O–H groups in total. The number of carbonyl (C=O) groups excluding carboxylic acids is 1. The molecule has 2 aromatic rings. The van der Waals surface area contributed by atoms with Crippen molar-refractivity contribution in [1.82, 2.24) is 25.3 Å². The number of halogens is 1. The standard InChI is InChI=1S/C19H30N6O2.HI/c1-6-20-19(22-10-9-21-18(26)16-8-7-11-27-16)24(4)12-15-13-25(5)23-17(15)14(2)3;/h7-8,11,13-14H,6,9-10,12H2,1-5H3,(H,20,22)(H,21,26);1H. The Morgan fingerprint density at radius 2 is 2.14 bits per heavy atom. The summed E-state index contributed by atoms with van der Waals surface area (Å²) in [6.07, 6.45) is 3.54. The topological polar surface area (TPSA) is 87.7 Å². The van der Waals surface area contributed by atoms with E-state index in [2.05, 4.69) is 45.7 Å². The lowest BCUT2D eigenvalue weighted by Crippen LogP contribution is -2.39. The number of carbonyl (C=O) groups is 1. The summed E-state index contributed by atoms with van der Waals surface area (Å²) >= 11 is 0. The minimum atomic E-state index is -0.231. The van der Waals surface area contributed by atoms with E-state index in [1.807, 2.05) is 25.7 Å². The Morgan fingerprint density at radius 1 is 1.39 bits per heavy atom. The molecular weight excluding hydrogens is 471 g/mol. The van der Waals surface area contributed by atoms with E-state index in [4.69, 9.17) is 4.42 Å². The summed E-state index contributed by atoms with van der Waals surface area (Å²) in [6, 6.07) is 3.33. The molecule has 9 heteroatoms. The van der Waals surface area contributed by atoms with Gasteiger partial charge < -0.3 is 20.0 Å². The summed E-state index contributed by atoms with van der Waals surface area (Å²) in [6.45, 7) is 8.72. The molecule has 0 radical (unpaired) electrons. The molecule has 2 heterocycles. The highest BCUT2D eigenvalue weighted by atomic mass is 127. The van der Waals surface area contributed by atoms with E-state index in [-0.39, 0.29) is 29.9 Å². The molecule has 0 aliphatic heterocycles. The first-order valence-electron chi connectivity index (χ1n) is 9.26. The Kier molecular flexibility index (Phi) is 10.0. The van der Waals surface area contributed by atoms with E-state index in [1.165, 1.54) is 11.8 Å². The lowest BCUT2D eigenvalue weighted by atomic mass is 10.1. The van der Waals surface area contributed by atoms with E-state index < -0.39 is 0 Å². The number of nitrogens with zero attached hydrogens (tertiary/aromatic N) is 4. The highest BCUT2D eigenvalue weighted by Crippen LogP contribution is 2.18. The fraction of sp³-hybridized carbons (Fsp3) is 0.526. The Morgan fingerprint density at radius 3 is 2.75 bits per heavy atom. The van der Waals surface area contributed by atoms with Crippen molar-refractivity contribution in [3.8, 4) is 0 Å². The second-order valence-corrected chi connectivity index (χ2v) is 6.69. The van der Waals surface area contributed by atoms with E-state index in [0.29, 0.717) is 31.3 Å². The molecule has 0 aliphatic rings. The Hall–Kier alpha value is -2.04. The molecule has 1 amide bonds. The fourth-order valence-corrected chi connectivity index (χ4v) is 2.79. The Balaban J connectivity index is 0.00000392. The second kappa shape index (κ2) is 11.7. The number of hydrogen-bond donors (Lipinski definition) is 2. The average molecular weight is 502 g/mol. The second-order valence-electron chi connectivity index (χ2n) is 6.69. The fourth-order valence-electron chi connectivity index (χ4n) is 2.79. The molecule has 0 saturated heterocycles. The number of aryl methyl sites for hydroxylation is 1. The van der Waals surface area contributed by atoms with E-state index in [1.54, 1.807) is 12.1 Å². The summed E-state index contributed by atoms with van der Waals surface area (Å²) in [5, 5.41) is 10.7. The summed E-state index contributed by atoms with van der Waals surface area (Å²) < 4.78 is 6.93. The lowest BCUT2D eigenvalue weighted by Gasteiger charge is -2.22. The van der Waals surface area contributed by atoms with Gasteiger partial charge in [0, 0.05) is 45.5 Å². The number of aromatic nitrogens is 2. The molecule has 0 saturated carbocycles. The monoisotopic (exact) mass is 502 g/mol. The zero-order chi connectivity index (χ0) is 19.8. The van der Waals surface area contributed by atoms with Gasteiger partial charge in [0.1, 0.15) is 0 Å². The van der Waals surface area contributed by atoms with Gasteiger partial charge in [0.15, 0.2) is 11.7 Å². The van der Waals surface area contributed by atoms with Gasteiger partial charge in [-0.15, -0.1) is 24.0 Å². The van der Waals surface area contributed by atoms with Crippen LogP contribution >= 0.6 is 24.0 Å². The molecule has 0 aromatic carbocycles. The van der Waals surface area contributed by atoms with Crippen molar-refractivity contribution < 1.29 is 9.21 Å². The molecule has 8 nitrogen and oxygen atoms in total. The molecular formula is C19H31IN6O2. The van der Waals surface area contributed by atoms with Crippen molar-refractivity contribution in [2.75, 3.05) is 26.7 Å². The Bertz CT molecular complexity index is 755. The highest BCUT2D eigenvalue weighted by molar-refractivity contribution is 14.0. The smallest absolute Gasteiger partial charge is 0.287 e. The van der Waals surface area contributed by atoms with Crippen LogP contribution in [0.2, 0.25) is 0 Å². The SMILES string of the molecule is CCNC(=NCCNC(=O)c1ccco1)N(C)Cc1cn(C)nc1C(C)C.I. The molecule has 156 valence electrons. The quantitative estimate of drug-likeness (QED) is 0.251. The first-order chi connectivity index (χ1) is 12.9. The van der Waals surface area contributed by atoms with Crippen LogP contribution in [0.4, 0.5) is 0 Å². The van der Waals surface area contributed by atoms with E-state index >= 15 is 0 Å². The van der Waals surface area contributed by atoms with Crippen molar-refractivity contribution in [1.29, 1.82) is 0 Å². The number of nitrogens with one attached hydrogen (secondary N) is 2. The Labute approximate surface area is 183 Å². The van der Waals surface area contributed by atoms with Crippen molar-refractivity contribution in [2.24, 2.45) is 12.0 Å². The van der Waals surface area contributed by atoms with Gasteiger partial charge >= 0.3 is 0 Å². The maximum absolute atomic E-state index is 11.9. The zero-order valence-corrected chi connectivity index (χ0v) is 19.6. The third kappa shape index (κ3) is 6.84. The maximum Gasteiger partial charge on any atom is 0.287 e. The largest absolute Gasteiger partial charge is 0.459 e. The van der Waals surface area contributed by atoms with Gasteiger partial charge in [-0.05, 0) is 25.0 Å². The zero-order valence-electron chi connectivity index (χ0n) is 17.2. The lowest BCUT2D eigenvalue weighted by molar-refractivity contribution is 0.0927. The maximum atomic E-state index is 11.9. The van der Waals surface area contributed by atoms with Gasteiger partial charge in [0.05, 0.1) is 18.5 Å². The predicted octanol–water partition coefficient (Wildman–Crippen LogP) is 2.58. The minimum Gasteiger partial charge on any atom is -0.459 e. The number of amides is 1. The number of hydrogen-bond acceptors (Lipinski definition) is 4. The molecule has 0 fully saturated rings. The van der Waals surface area contributed by atoms with Crippen molar-refractivity contribution in [2.45, 2.75) is 33.2 Å². The molecule has 2 rings (SSSR count). The van der Waals surface area contributed by atoms with Crippen LogP contribution in [-0.4, -0.2) is 53.2 Å². The summed E-state index contributed by atoms with van der Waals surface area (Å²) in [7, 11) is 3.94. The summed E-state index contributed by atoms with van der Waals surface area (Å²) in [4.78, 5) is 18.5. The first-order valence-corrected chi connectivity index (χ1v) is 9.26. The highest BCUT2D eigenvalue weighted by Gasteiger charge is 2.15. The number of aliphatic imine (C=N–C) groups is 1. The van der Waals surface area contributed by atoms with Crippen LogP contribution in [0.15, 0.2) is 34.0 Å². The molecule has 0 unspecified atom stereocenters. The molecule has 28 heavy (non-hydrogen) atoms. The van der Waals surface area contributed by atoms with Crippen LogP contribution < -0.4 is 10.6 Å². The predicted molar refractivity (Wildman–Crippen MR) is 121 cm³/mol. The van der Waals surface area contributed by atoms with Crippen LogP contribution in [0, 0.1) is 0 Å². The van der Waals surface area contributed by atoms with Crippen LogP contribution in [0.1, 0.15) is 48.5 Å². The van der Waals surface area contributed by atoms with Crippen LogP contribution in [0.3, 0.4) is 0 Å². The van der Waals surface area contributed by atoms with Gasteiger partial charge in [0.2, 0.25) is 0 Å². The molecule has 2 aromatic heterocycles. The van der Waals surface area contributed by atoms with Gasteiger partial charge in [0.25, 0.3) is 5.91 Å². The summed E-state index contributed by atoms with van der Waals surface area (Å²) in [5.74, 6) is 1.24. The summed E-state index contributed by atoms with van der Waals surface area (Å²) in [5.41, 5.74) is 2.29. The third-order valence-corrected chi connectivity index (χ3v) is 3.99.